The summed E-state index contributed by atoms with van der Waals surface area (Å²) in [6.07, 6.45) is 4.93. The van der Waals surface area contributed by atoms with Gasteiger partial charge in [0.1, 0.15) is 0 Å². The lowest BCUT2D eigenvalue weighted by Crippen LogP contribution is -2.34. The molecule has 1 amide bonds. The standard InChI is InChI=1S/C16H24N2O2/c1-2-20-12-13-7-3-6-10-15(13)18-16(19)11-17-14-8-4-5-9-14/h3,6-7,10,14,17H,2,4-5,8-9,11-12H2,1H3,(H,18,19). The quantitative estimate of drug-likeness (QED) is 0.805. The number of carbonyl (C=O) groups excluding carboxylic acids is 1. The second-order valence-electron chi connectivity index (χ2n) is 5.20. The van der Waals surface area contributed by atoms with E-state index in [9.17, 15) is 4.79 Å². The molecule has 0 atom stereocenters. The molecular formula is C16H24N2O2. The summed E-state index contributed by atoms with van der Waals surface area (Å²) in [5.74, 6) is 0.0147. The maximum Gasteiger partial charge on any atom is 0.238 e. The molecule has 0 aromatic heterocycles. The smallest absolute Gasteiger partial charge is 0.238 e. The minimum Gasteiger partial charge on any atom is -0.377 e. The van der Waals surface area contributed by atoms with Gasteiger partial charge in [0.2, 0.25) is 5.91 Å². The first-order chi connectivity index (χ1) is 9.79. The van der Waals surface area contributed by atoms with Crippen LogP contribution >= 0.6 is 0 Å². The lowest BCUT2D eigenvalue weighted by Gasteiger charge is -2.14. The number of ether oxygens (including phenoxy) is 1. The Bertz CT molecular complexity index is 428. The maximum absolute atomic E-state index is 12.0. The van der Waals surface area contributed by atoms with Crippen molar-refractivity contribution in [3.8, 4) is 0 Å². The zero-order valence-corrected chi connectivity index (χ0v) is 12.2. The van der Waals surface area contributed by atoms with E-state index in [1.807, 2.05) is 31.2 Å². The van der Waals surface area contributed by atoms with Crippen LogP contribution in [0.15, 0.2) is 24.3 Å². The van der Waals surface area contributed by atoms with Crippen molar-refractivity contribution in [3.05, 3.63) is 29.8 Å². The first-order valence-corrected chi connectivity index (χ1v) is 7.48. The van der Waals surface area contributed by atoms with Crippen molar-refractivity contribution >= 4 is 11.6 Å². The Labute approximate surface area is 120 Å². The van der Waals surface area contributed by atoms with E-state index in [2.05, 4.69) is 10.6 Å². The second kappa shape index (κ2) is 8.02. The summed E-state index contributed by atoms with van der Waals surface area (Å²) in [4.78, 5) is 12.0. The van der Waals surface area contributed by atoms with Crippen LogP contribution in [0.4, 0.5) is 5.69 Å². The average molecular weight is 276 g/mol. The average Bonchev–Trinajstić information content (AvgIpc) is 2.97. The van der Waals surface area contributed by atoms with Crippen molar-refractivity contribution in [3.63, 3.8) is 0 Å². The summed E-state index contributed by atoms with van der Waals surface area (Å²) in [6.45, 7) is 3.55. The molecule has 2 rings (SSSR count). The molecule has 1 aromatic carbocycles. The van der Waals surface area contributed by atoms with Gasteiger partial charge in [-0.15, -0.1) is 0 Å². The number of benzene rings is 1. The minimum absolute atomic E-state index is 0.0147. The van der Waals surface area contributed by atoms with Gasteiger partial charge in [-0.2, -0.15) is 0 Å². The number of nitrogens with one attached hydrogen (secondary N) is 2. The lowest BCUT2D eigenvalue weighted by atomic mass is 10.2. The molecule has 4 heteroatoms. The zero-order chi connectivity index (χ0) is 14.2. The Hall–Kier alpha value is -1.39. The highest BCUT2D eigenvalue weighted by molar-refractivity contribution is 5.92. The van der Waals surface area contributed by atoms with Crippen LogP contribution in [0.5, 0.6) is 0 Å². The Morgan fingerprint density at radius 3 is 2.80 bits per heavy atom. The maximum atomic E-state index is 12.0. The van der Waals surface area contributed by atoms with Gasteiger partial charge in [-0.25, -0.2) is 0 Å². The topological polar surface area (TPSA) is 50.4 Å². The van der Waals surface area contributed by atoms with E-state index in [0.717, 1.165) is 11.3 Å². The molecule has 4 nitrogen and oxygen atoms in total. The highest BCUT2D eigenvalue weighted by Gasteiger charge is 2.15. The number of anilines is 1. The van der Waals surface area contributed by atoms with Gasteiger partial charge >= 0.3 is 0 Å². The number of para-hydroxylation sites is 1. The molecule has 0 saturated heterocycles. The monoisotopic (exact) mass is 276 g/mol. The predicted octanol–water partition coefficient (Wildman–Crippen LogP) is 2.69. The van der Waals surface area contributed by atoms with Crippen LogP contribution in [0.25, 0.3) is 0 Å². The van der Waals surface area contributed by atoms with Crippen molar-refractivity contribution < 1.29 is 9.53 Å². The van der Waals surface area contributed by atoms with Crippen LogP contribution in [0, 0.1) is 0 Å². The lowest BCUT2D eigenvalue weighted by molar-refractivity contribution is -0.115. The van der Waals surface area contributed by atoms with E-state index in [0.29, 0.717) is 25.8 Å². The third-order valence-corrected chi connectivity index (χ3v) is 3.66. The number of rotatable bonds is 7. The molecular weight excluding hydrogens is 252 g/mol. The molecule has 1 aromatic rings. The molecule has 2 N–H and O–H groups in total. The zero-order valence-electron chi connectivity index (χ0n) is 12.2. The number of carbonyl (C=O) groups is 1. The Morgan fingerprint density at radius 1 is 1.30 bits per heavy atom. The van der Waals surface area contributed by atoms with Crippen LogP contribution in [0.1, 0.15) is 38.2 Å². The first kappa shape index (κ1) is 15.0. The summed E-state index contributed by atoms with van der Waals surface area (Å²) < 4.78 is 5.42. The minimum atomic E-state index is 0.0147. The van der Waals surface area contributed by atoms with Gasteiger partial charge in [0.15, 0.2) is 0 Å². The molecule has 1 saturated carbocycles. The van der Waals surface area contributed by atoms with Gasteiger partial charge in [0.25, 0.3) is 0 Å². The van der Waals surface area contributed by atoms with Crippen molar-refractivity contribution in [1.82, 2.24) is 5.32 Å². The van der Waals surface area contributed by atoms with Crippen LogP contribution in [0.3, 0.4) is 0 Å². The van der Waals surface area contributed by atoms with E-state index in [4.69, 9.17) is 4.74 Å². The molecule has 110 valence electrons. The fraction of sp³-hybridized carbons (Fsp3) is 0.562. The number of amides is 1. The normalized spacial score (nSPS) is 15.4. The SMILES string of the molecule is CCOCc1ccccc1NC(=O)CNC1CCCC1. The second-order valence-corrected chi connectivity index (χ2v) is 5.20. The van der Waals surface area contributed by atoms with Crippen LogP contribution in [-0.4, -0.2) is 25.1 Å². The fourth-order valence-corrected chi connectivity index (χ4v) is 2.54. The summed E-state index contributed by atoms with van der Waals surface area (Å²) in [5.41, 5.74) is 1.86. The largest absolute Gasteiger partial charge is 0.377 e. The molecule has 0 unspecified atom stereocenters. The summed E-state index contributed by atoms with van der Waals surface area (Å²) in [6, 6.07) is 8.30. The molecule has 0 heterocycles. The summed E-state index contributed by atoms with van der Waals surface area (Å²) in [5, 5.41) is 6.28. The molecule has 0 spiro atoms. The van der Waals surface area contributed by atoms with Crippen LogP contribution < -0.4 is 10.6 Å². The van der Waals surface area contributed by atoms with E-state index in [1.165, 1.54) is 25.7 Å². The van der Waals surface area contributed by atoms with Crippen LogP contribution in [0.2, 0.25) is 0 Å². The van der Waals surface area contributed by atoms with Gasteiger partial charge in [0, 0.05) is 23.9 Å². The highest BCUT2D eigenvalue weighted by Crippen LogP contribution is 2.18. The molecule has 0 bridgehead atoms. The van der Waals surface area contributed by atoms with Crippen molar-refractivity contribution in [2.75, 3.05) is 18.5 Å². The Kier molecular flexibility index (Phi) is 6.02. The van der Waals surface area contributed by atoms with Gasteiger partial charge in [-0.1, -0.05) is 31.0 Å². The van der Waals surface area contributed by atoms with Gasteiger partial charge in [0.05, 0.1) is 13.2 Å². The molecule has 1 aliphatic rings. The molecule has 0 aliphatic heterocycles. The van der Waals surface area contributed by atoms with E-state index in [1.54, 1.807) is 0 Å². The van der Waals surface area contributed by atoms with E-state index in [-0.39, 0.29) is 5.91 Å². The van der Waals surface area contributed by atoms with Crippen molar-refractivity contribution in [2.24, 2.45) is 0 Å². The Morgan fingerprint density at radius 2 is 2.05 bits per heavy atom. The molecule has 20 heavy (non-hydrogen) atoms. The van der Waals surface area contributed by atoms with E-state index >= 15 is 0 Å². The third kappa shape index (κ3) is 4.62. The first-order valence-electron chi connectivity index (χ1n) is 7.48. The van der Waals surface area contributed by atoms with Gasteiger partial charge < -0.3 is 15.4 Å². The summed E-state index contributed by atoms with van der Waals surface area (Å²) >= 11 is 0. The third-order valence-electron chi connectivity index (χ3n) is 3.66. The van der Waals surface area contributed by atoms with Crippen molar-refractivity contribution in [2.45, 2.75) is 45.3 Å². The summed E-state index contributed by atoms with van der Waals surface area (Å²) in [7, 11) is 0. The van der Waals surface area contributed by atoms with Crippen molar-refractivity contribution in [1.29, 1.82) is 0 Å². The van der Waals surface area contributed by atoms with Gasteiger partial charge in [-0.05, 0) is 25.8 Å². The number of hydrogen-bond donors (Lipinski definition) is 2. The fourth-order valence-electron chi connectivity index (χ4n) is 2.54. The highest BCUT2D eigenvalue weighted by atomic mass is 16.5. The Balaban J connectivity index is 1.83. The molecule has 1 fully saturated rings. The van der Waals surface area contributed by atoms with E-state index < -0.39 is 0 Å². The predicted molar refractivity (Wildman–Crippen MR) is 80.7 cm³/mol. The number of hydrogen-bond acceptors (Lipinski definition) is 3. The molecule has 1 aliphatic carbocycles. The van der Waals surface area contributed by atoms with Crippen LogP contribution in [-0.2, 0) is 16.1 Å². The van der Waals surface area contributed by atoms with Gasteiger partial charge in [-0.3, -0.25) is 4.79 Å². The molecule has 0 radical (unpaired) electrons.